The van der Waals surface area contributed by atoms with E-state index in [-0.39, 0.29) is 32.0 Å². The third-order valence-electron chi connectivity index (χ3n) is 16.1. The Balaban J connectivity index is 4.00. The summed E-state index contributed by atoms with van der Waals surface area (Å²) in [5, 5.41) is 0. The SMILES string of the molecule is CC/C=C\C/C=C\C/C=C\C/C=C\C/C=C\C/C=C\C/C=C\CCCCCCCCCC(=O)OC(COC(=O)CCCCCCCCCCCCCCCCCCCCCCCC/C=C\C/C=C\C/C=C\C/C=C\C/C=C\C/C=C\CC)COP(=O)(O)OCC[N+](C)(C)C. The van der Waals surface area contributed by atoms with Crippen molar-refractivity contribution in [3.63, 3.8) is 0 Å². The molecule has 9 nitrogen and oxygen atoms in total. The smallest absolute Gasteiger partial charge is 0.462 e. The van der Waals surface area contributed by atoms with E-state index in [4.69, 9.17) is 18.5 Å². The second-order valence-corrected chi connectivity index (χ2v) is 27.7. The highest BCUT2D eigenvalue weighted by Gasteiger charge is 2.27. The second kappa shape index (κ2) is 72.9. The number of quaternary nitrogens is 1. The first-order valence-corrected chi connectivity index (χ1v) is 39.7. The number of nitrogens with zero attached hydrogens (tertiary/aromatic N) is 1. The zero-order valence-corrected chi connectivity index (χ0v) is 62.0. The van der Waals surface area contributed by atoms with Crippen LogP contribution in [-0.4, -0.2) is 74.9 Å². The molecule has 94 heavy (non-hydrogen) atoms. The Morgan fingerprint density at radius 2 is 0.574 bits per heavy atom. The van der Waals surface area contributed by atoms with Gasteiger partial charge >= 0.3 is 19.8 Å². The molecule has 0 heterocycles. The zero-order valence-electron chi connectivity index (χ0n) is 61.1. The summed E-state index contributed by atoms with van der Waals surface area (Å²) < 4.78 is 34.8. The van der Waals surface area contributed by atoms with E-state index in [0.717, 1.165) is 128 Å². The molecule has 2 unspecified atom stereocenters. The lowest BCUT2D eigenvalue weighted by Gasteiger charge is -2.24. The maximum Gasteiger partial charge on any atom is 0.472 e. The number of hydrogen-bond acceptors (Lipinski definition) is 7. The van der Waals surface area contributed by atoms with Crippen LogP contribution in [0.15, 0.2) is 158 Å². The molecule has 10 heteroatoms. The Hall–Kier alpha value is -4.37. The lowest BCUT2D eigenvalue weighted by Crippen LogP contribution is -2.37. The van der Waals surface area contributed by atoms with Gasteiger partial charge in [-0.2, -0.15) is 0 Å². The zero-order chi connectivity index (χ0) is 68.3. The van der Waals surface area contributed by atoms with Crippen LogP contribution in [0.3, 0.4) is 0 Å². The summed E-state index contributed by atoms with van der Waals surface area (Å²) in [4.78, 5) is 35.9. The minimum Gasteiger partial charge on any atom is -0.462 e. The highest BCUT2D eigenvalue weighted by molar-refractivity contribution is 7.47. The molecule has 1 N–H and O–H groups in total. The minimum absolute atomic E-state index is 0.0235. The molecule has 536 valence electrons. The molecule has 0 aromatic carbocycles. The molecule has 0 spiro atoms. The summed E-state index contributed by atoms with van der Waals surface area (Å²) in [5.74, 6) is -0.808. The summed E-state index contributed by atoms with van der Waals surface area (Å²) in [5.41, 5.74) is 0. The molecule has 0 saturated heterocycles. The number of phosphoric ester groups is 1. The standard InChI is InChI=1S/C84H142NO8P/c1-6-8-10-12-14-16-18-20-22-24-26-28-30-32-34-36-37-38-39-40-41-42-43-44-45-46-47-49-50-52-54-56-58-60-62-64-66-68-70-72-74-76-83(86)90-80-82(81-92-94(88,89)91-79-78-85(3,4)5)93-84(87)77-75-73-71-69-67-65-63-61-59-57-55-53-51-48-35-33-31-29-27-25-23-21-19-17-15-13-11-9-7-2/h8-11,14-17,20-23,26-29,32-35,37-38,51,53,57,59,82H,6-7,12-13,18-19,24-25,30-31,36,39-50,52,54-56,58,60-81H2,1-5H3/p+1/b10-8-,11-9-,16-14-,17-15-,22-20-,23-21-,28-26-,29-27-,34-32-,35-33-,38-37-,53-51-,59-57-. The Bertz CT molecular complexity index is 2150. The number of allylic oxidation sites excluding steroid dienone is 26. The highest BCUT2D eigenvalue weighted by atomic mass is 31.2. The van der Waals surface area contributed by atoms with Gasteiger partial charge in [0.05, 0.1) is 27.7 Å². The maximum absolute atomic E-state index is 12.9. The van der Waals surface area contributed by atoms with Gasteiger partial charge in [0, 0.05) is 12.8 Å². The summed E-state index contributed by atoms with van der Waals surface area (Å²) >= 11 is 0. The van der Waals surface area contributed by atoms with E-state index in [1.54, 1.807) is 0 Å². The van der Waals surface area contributed by atoms with Crippen molar-refractivity contribution in [2.24, 2.45) is 0 Å². The van der Waals surface area contributed by atoms with Crippen molar-refractivity contribution in [2.45, 2.75) is 315 Å². The van der Waals surface area contributed by atoms with Gasteiger partial charge in [-0.25, -0.2) is 4.57 Å². The first-order chi connectivity index (χ1) is 46.0. The predicted octanol–water partition coefficient (Wildman–Crippen LogP) is 25.5. The van der Waals surface area contributed by atoms with Gasteiger partial charge in [0.2, 0.25) is 0 Å². The van der Waals surface area contributed by atoms with Crippen LogP contribution in [0, 0.1) is 0 Å². The molecule has 0 aliphatic heterocycles. The van der Waals surface area contributed by atoms with Crippen LogP contribution in [0.2, 0.25) is 0 Å². The van der Waals surface area contributed by atoms with Gasteiger partial charge in [-0.1, -0.05) is 332 Å². The van der Waals surface area contributed by atoms with Gasteiger partial charge in [0.1, 0.15) is 19.8 Å². The second-order valence-electron chi connectivity index (χ2n) is 26.3. The van der Waals surface area contributed by atoms with Crippen molar-refractivity contribution in [1.29, 1.82) is 0 Å². The molecular weight excluding hydrogens is 1180 g/mol. The van der Waals surface area contributed by atoms with E-state index >= 15 is 0 Å². The predicted molar refractivity (Wildman–Crippen MR) is 408 cm³/mol. The van der Waals surface area contributed by atoms with Crippen molar-refractivity contribution in [3.8, 4) is 0 Å². The molecule has 0 aliphatic rings. The average molecular weight is 1330 g/mol. The van der Waals surface area contributed by atoms with Gasteiger partial charge in [-0.05, 0) is 122 Å². The number of likely N-dealkylation sites (N-methyl/N-ethyl adjacent to an activating group) is 1. The Labute approximate surface area is 579 Å². The molecule has 0 fully saturated rings. The van der Waals surface area contributed by atoms with Crippen molar-refractivity contribution in [2.75, 3.05) is 47.5 Å². The van der Waals surface area contributed by atoms with Crippen molar-refractivity contribution in [3.05, 3.63) is 158 Å². The Morgan fingerprint density at radius 3 is 0.851 bits per heavy atom. The summed E-state index contributed by atoms with van der Waals surface area (Å²) in [6, 6.07) is 0. The van der Waals surface area contributed by atoms with Gasteiger partial charge in [-0.3, -0.25) is 18.6 Å². The summed E-state index contributed by atoms with van der Waals surface area (Å²) in [6.07, 6.45) is 109. The summed E-state index contributed by atoms with van der Waals surface area (Å²) in [7, 11) is 1.46. The quantitative estimate of drug-likeness (QED) is 0.0211. The first-order valence-electron chi connectivity index (χ1n) is 38.2. The lowest BCUT2D eigenvalue weighted by atomic mass is 10.0. The van der Waals surface area contributed by atoms with Crippen LogP contribution in [-0.2, 0) is 32.7 Å². The van der Waals surface area contributed by atoms with Gasteiger partial charge in [-0.15, -0.1) is 0 Å². The Morgan fingerprint density at radius 1 is 0.330 bits per heavy atom. The van der Waals surface area contributed by atoms with E-state index in [1.165, 1.54) is 148 Å². The molecule has 0 amide bonds. The third-order valence-corrected chi connectivity index (χ3v) is 17.0. The Kier molecular flexibility index (Phi) is 69.5. The van der Waals surface area contributed by atoms with E-state index < -0.39 is 26.5 Å². The minimum atomic E-state index is -4.41. The van der Waals surface area contributed by atoms with Gasteiger partial charge in [0.15, 0.2) is 6.10 Å². The molecule has 0 rings (SSSR count). The van der Waals surface area contributed by atoms with Crippen LogP contribution in [0.5, 0.6) is 0 Å². The number of ether oxygens (including phenoxy) is 2. The van der Waals surface area contributed by atoms with E-state index in [2.05, 4.69) is 172 Å². The topological polar surface area (TPSA) is 108 Å². The number of hydrogen-bond donors (Lipinski definition) is 1. The largest absolute Gasteiger partial charge is 0.472 e. The fourth-order valence-corrected chi connectivity index (χ4v) is 11.0. The molecule has 0 aliphatic carbocycles. The normalized spacial score (nSPS) is 14.0. The van der Waals surface area contributed by atoms with Crippen molar-refractivity contribution >= 4 is 19.8 Å². The van der Waals surface area contributed by atoms with Crippen LogP contribution in [0.4, 0.5) is 0 Å². The van der Waals surface area contributed by atoms with Crippen LogP contribution in [0.25, 0.3) is 0 Å². The number of carbonyl (C=O) groups is 2. The van der Waals surface area contributed by atoms with E-state index in [1.807, 2.05) is 21.1 Å². The van der Waals surface area contributed by atoms with Crippen LogP contribution >= 0.6 is 7.82 Å². The molecular formula is C84H143NO8P+. The molecule has 0 aromatic heterocycles. The van der Waals surface area contributed by atoms with E-state index in [0.29, 0.717) is 17.4 Å². The third kappa shape index (κ3) is 76.6. The number of rotatable bonds is 69. The monoisotopic (exact) mass is 1330 g/mol. The van der Waals surface area contributed by atoms with Gasteiger partial charge < -0.3 is 18.9 Å². The van der Waals surface area contributed by atoms with E-state index in [9.17, 15) is 19.0 Å². The molecule has 0 bridgehead atoms. The average Bonchev–Trinajstić information content (AvgIpc) is 1.65. The fraction of sp³-hybridized carbons (Fsp3) is 0.667. The number of esters is 2. The maximum atomic E-state index is 12.9. The first kappa shape index (κ1) is 89.6. The lowest BCUT2D eigenvalue weighted by molar-refractivity contribution is -0.870. The van der Waals surface area contributed by atoms with Gasteiger partial charge in [0.25, 0.3) is 0 Å². The van der Waals surface area contributed by atoms with Crippen LogP contribution in [0.1, 0.15) is 309 Å². The molecule has 0 radical (unpaired) electrons. The summed E-state index contributed by atoms with van der Waals surface area (Å²) in [6.45, 7) is 4.20. The highest BCUT2D eigenvalue weighted by Crippen LogP contribution is 2.43. The van der Waals surface area contributed by atoms with Crippen molar-refractivity contribution < 1.29 is 42.1 Å². The molecule has 0 saturated carbocycles. The van der Waals surface area contributed by atoms with Crippen LogP contribution < -0.4 is 0 Å². The van der Waals surface area contributed by atoms with Crippen molar-refractivity contribution in [1.82, 2.24) is 0 Å². The molecule has 0 aromatic rings. The number of phosphoric acid groups is 1. The fourth-order valence-electron chi connectivity index (χ4n) is 10.3. The molecule has 2 atom stereocenters. The number of carbonyl (C=O) groups excluding carboxylic acids is 2. The number of unbranched alkanes of at least 4 members (excludes halogenated alkanes) is 29.